The van der Waals surface area contributed by atoms with Gasteiger partial charge in [0, 0.05) is 25.5 Å². The van der Waals surface area contributed by atoms with Crippen molar-refractivity contribution < 1.29 is 33.1 Å². The van der Waals surface area contributed by atoms with Crippen LogP contribution in [0, 0.1) is 18.2 Å². The number of barbiturate groups is 1. The van der Waals surface area contributed by atoms with E-state index < -0.39 is 47.3 Å². The molecular weight excluding hydrogens is 425 g/mol. The van der Waals surface area contributed by atoms with Crippen molar-refractivity contribution in [1.82, 2.24) is 20.8 Å². The van der Waals surface area contributed by atoms with Gasteiger partial charge in [-0.15, -0.1) is 0 Å². The minimum Gasteiger partial charge on any atom is -0.394 e. The summed E-state index contributed by atoms with van der Waals surface area (Å²) in [5.41, 5.74) is -0.863. The van der Waals surface area contributed by atoms with Crippen LogP contribution < -0.4 is 15.5 Å². The fourth-order valence-corrected chi connectivity index (χ4v) is 5.06. The van der Waals surface area contributed by atoms with Gasteiger partial charge in [-0.25, -0.2) is 9.18 Å². The van der Waals surface area contributed by atoms with E-state index in [1.165, 1.54) is 6.07 Å². The first-order chi connectivity index (χ1) is 15.2. The van der Waals surface area contributed by atoms with Gasteiger partial charge in [-0.05, 0) is 24.6 Å². The Morgan fingerprint density at radius 2 is 2.00 bits per heavy atom. The van der Waals surface area contributed by atoms with E-state index >= 15 is 4.39 Å². The van der Waals surface area contributed by atoms with Gasteiger partial charge in [0.05, 0.1) is 30.5 Å². The minimum absolute atomic E-state index is 0.0480. The van der Waals surface area contributed by atoms with Crippen molar-refractivity contribution in [2.45, 2.75) is 38.5 Å². The maximum absolute atomic E-state index is 15.5. The number of hydrogen-bond donors (Lipinski definition) is 3. The molecule has 1 aromatic carbocycles. The number of hydrogen-bond acceptors (Lipinski definition) is 9. The highest BCUT2D eigenvalue weighted by Gasteiger charge is 2.63. The number of ether oxygens (including phenoxy) is 1. The molecule has 2 aromatic rings. The summed E-state index contributed by atoms with van der Waals surface area (Å²) in [6.07, 6.45) is -1.55. The molecule has 3 N–H and O–H groups in total. The maximum Gasteiger partial charge on any atom is 0.328 e. The number of amides is 4. The van der Waals surface area contributed by atoms with Gasteiger partial charge in [0.25, 0.3) is 0 Å². The third-order valence-corrected chi connectivity index (χ3v) is 6.25. The minimum atomic E-state index is -1.75. The molecular formula is C20H20FN5O6. The topological polar surface area (TPSA) is 147 Å². The Morgan fingerprint density at radius 1 is 1.28 bits per heavy atom. The molecule has 2 fully saturated rings. The number of carbonyl (C=O) groups excluding carboxylic acids is 3. The Hall–Kier alpha value is -3.38. The standard InChI is InChI=1S/C20H20FN5O6/c1-8-15-20(17(28)23-19(30)24-18(20)29)5-11-3-10(16-22-9(2)32-25-16)4-13(21)14(11)26(15)6-12(7-27)31-8/h3-4,8,12,15,27H,5-7H2,1-2H3,(H2,23,24,28,29,30)/t8-,12-,15+/m0/s1. The molecule has 0 bridgehead atoms. The van der Waals surface area contributed by atoms with E-state index in [4.69, 9.17) is 9.26 Å². The third kappa shape index (κ3) is 2.83. The molecule has 4 amide bonds. The van der Waals surface area contributed by atoms with E-state index in [9.17, 15) is 19.5 Å². The quantitative estimate of drug-likeness (QED) is 0.546. The monoisotopic (exact) mass is 445 g/mol. The second-order valence-electron chi connectivity index (χ2n) is 8.23. The van der Waals surface area contributed by atoms with E-state index in [-0.39, 0.29) is 31.1 Å². The van der Waals surface area contributed by atoms with Crippen molar-refractivity contribution in [3.05, 3.63) is 29.4 Å². The fraction of sp³-hybridized carbons (Fsp3) is 0.450. The second-order valence-corrected chi connectivity index (χ2v) is 8.23. The van der Waals surface area contributed by atoms with Gasteiger partial charge in [-0.2, -0.15) is 4.98 Å². The molecule has 3 atom stereocenters. The lowest BCUT2D eigenvalue weighted by molar-refractivity contribution is -0.155. The molecule has 0 unspecified atom stereocenters. The molecule has 12 heteroatoms. The van der Waals surface area contributed by atoms with Gasteiger partial charge in [0.1, 0.15) is 5.82 Å². The molecule has 11 nitrogen and oxygen atoms in total. The summed E-state index contributed by atoms with van der Waals surface area (Å²) in [5, 5.41) is 17.8. The van der Waals surface area contributed by atoms with Crippen LogP contribution in [0.3, 0.4) is 0 Å². The number of aliphatic hydroxyl groups is 1. The van der Waals surface area contributed by atoms with Crippen molar-refractivity contribution >= 4 is 23.5 Å². The number of halogens is 1. The number of aliphatic hydroxyl groups excluding tert-OH is 1. The lowest BCUT2D eigenvalue weighted by atomic mass is 9.66. The van der Waals surface area contributed by atoms with Crippen molar-refractivity contribution in [3.63, 3.8) is 0 Å². The number of fused-ring (bicyclic) bond motifs is 4. The van der Waals surface area contributed by atoms with Crippen LogP contribution in [-0.4, -0.2) is 64.5 Å². The number of carbonyl (C=O) groups is 3. The molecule has 1 aromatic heterocycles. The molecule has 5 rings (SSSR count). The summed E-state index contributed by atoms with van der Waals surface area (Å²) in [7, 11) is 0. The maximum atomic E-state index is 15.5. The van der Waals surface area contributed by atoms with Crippen LogP contribution in [0.15, 0.2) is 16.7 Å². The van der Waals surface area contributed by atoms with Crippen LogP contribution >= 0.6 is 0 Å². The summed E-state index contributed by atoms with van der Waals surface area (Å²) in [6.45, 7) is 2.97. The summed E-state index contributed by atoms with van der Waals surface area (Å²) in [5.74, 6) is -1.71. The van der Waals surface area contributed by atoms with E-state index in [0.717, 1.165) is 0 Å². The number of urea groups is 1. The molecule has 0 saturated carbocycles. The van der Waals surface area contributed by atoms with Gasteiger partial charge < -0.3 is 19.3 Å². The second kappa shape index (κ2) is 7.07. The molecule has 0 radical (unpaired) electrons. The van der Waals surface area contributed by atoms with Crippen LogP contribution in [0.25, 0.3) is 11.4 Å². The van der Waals surface area contributed by atoms with Gasteiger partial charge in [-0.1, -0.05) is 5.16 Å². The normalized spacial score (nSPS) is 26.4. The Bertz CT molecular complexity index is 1130. The number of aromatic nitrogens is 2. The van der Waals surface area contributed by atoms with Crippen molar-refractivity contribution in [2.75, 3.05) is 18.1 Å². The predicted molar refractivity (Wildman–Crippen MR) is 105 cm³/mol. The highest BCUT2D eigenvalue weighted by Crippen LogP contribution is 2.48. The Balaban J connectivity index is 1.71. The largest absolute Gasteiger partial charge is 0.394 e. The number of morpholine rings is 1. The van der Waals surface area contributed by atoms with Crippen molar-refractivity contribution in [3.8, 4) is 11.4 Å². The molecule has 2 saturated heterocycles. The predicted octanol–water partition coefficient (Wildman–Crippen LogP) is 0.0472. The average Bonchev–Trinajstić information content (AvgIpc) is 3.17. The van der Waals surface area contributed by atoms with Crippen LogP contribution in [0.4, 0.5) is 14.9 Å². The molecule has 4 heterocycles. The first kappa shape index (κ1) is 20.5. The highest BCUT2D eigenvalue weighted by molar-refractivity contribution is 6.20. The SMILES string of the molecule is Cc1nc(-c2cc(F)c3c(c2)CC2(C(=O)NC(=O)NC2=O)[C@H]2[C@H](C)O[C@H](CO)CN32)no1. The summed E-state index contributed by atoms with van der Waals surface area (Å²) < 4.78 is 26.3. The van der Waals surface area contributed by atoms with Gasteiger partial charge >= 0.3 is 6.03 Å². The van der Waals surface area contributed by atoms with Crippen LogP contribution in [-0.2, 0) is 20.7 Å². The first-order valence-electron chi connectivity index (χ1n) is 10.1. The molecule has 168 valence electrons. The zero-order valence-corrected chi connectivity index (χ0v) is 17.2. The van der Waals surface area contributed by atoms with E-state index in [0.29, 0.717) is 17.0 Å². The molecule has 32 heavy (non-hydrogen) atoms. The van der Waals surface area contributed by atoms with E-state index in [1.807, 2.05) is 0 Å². The number of imide groups is 2. The number of nitrogens with zero attached hydrogens (tertiary/aromatic N) is 3. The lowest BCUT2D eigenvalue weighted by Gasteiger charge is -2.55. The van der Waals surface area contributed by atoms with Gasteiger partial charge in [-0.3, -0.25) is 20.2 Å². The molecule has 3 aliphatic rings. The smallest absolute Gasteiger partial charge is 0.328 e. The lowest BCUT2D eigenvalue weighted by Crippen LogP contribution is -2.75. The third-order valence-electron chi connectivity index (χ3n) is 6.25. The Morgan fingerprint density at radius 3 is 2.62 bits per heavy atom. The summed E-state index contributed by atoms with van der Waals surface area (Å²) >= 11 is 0. The Kier molecular flexibility index (Phi) is 4.53. The number of anilines is 1. The first-order valence-corrected chi connectivity index (χ1v) is 10.1. The van der Waals surface area contributed by atoms with Crippen LogP contribution in [0.2, 0.25) is 0 Å². The number of rotatable bonds is 2. The van der Waals surface area contributed by atoms with Crippen molar-refractivity contribution in [1.29, 1.82) is 0 Å². The highest BCUT2D eigenvalue weighted by atomic mass is 19.1. The zero-order chi connectivity index (χ0) is 22.8. The van der Waals surface area contributed by atoms with E-state index in [2.05, 4.69) is 20.8 Å². The van der Waals surface area contributed by atoms with Crippen LogP contribution in [0.5, 0.6) is 0 Å². The number of nitrogens with one attached hydrogen (secondary N) is 2. The van der Waals surface area contributed by atoms with Gasteiger partial charge in [0.2, 0.25) is 23.5 Å². The zero-order valence-electron chi connectivity index (χ0n) is 17.2. The number of benzene rings is 1. The van der Waals surface area contributed by atoms with Crippen molar-refractivity contribution in [2.24, 2.45) is 5.41 Å². The summed E-state index contributed by atoms with van der Waals surface area (Å²) in [4.78, 5) is 43.7. The molecule has 1 spiro atoms. The molecule has 3 aliphatic heterocycles. The van der Waals surface area contributed by atoms with Gasteiger partial charge in [0.15, 0.2) is 5.41 Å². The Labute approximate surface area is 180 Å². The fourth-order valence-electron chi connectivity index (χ4n) is 5.06. The molecule has 0 aliphatic carbocycles. The van der Waals surface area contributed by atoms with E-state index in [1.54, 1.807) is 24.8 Å². The number of aryl methyl sites for hydroxylation is 1. The van der Waals surface area contributed by atoms with Crippen LogP contribution in [0.1, 0.15) is 18.4 Å². The summed E-state index contributed by atoms with van der Waals surface area (Å²) in [6, 6.07) is 1.05. The average molecular weight is 445 g/mol.